The number of thioether (sulfide) groups is 1. The number of fused-ring (bicyclic) bond motifs is 2. The van der Waals surface area contributed by atoms with E-state index in [0.29, 0.717) is 45.5 Å². The van der Waals surface area contributed by atoms with Gasteiger partial charge in [-0.15, -0.1) is 11.3 Å². The summed E-state index contributed by atoms with van der Waals surface area (Å²) in [6, 6.07) is 13.8. The summed E-state index contributed by atoms with van der Waals surface area (Å²) in [5.41, 5.74) is 1.79. The van der Waals surface area contributed by atoms with Crippen molar-refractivity contribution in [3.05, 3.63) is 75.4 Å². The zero-order valence-electron chi connectivity index (χ0n) is 22.0. The van der Waals surface area contributed by atoms with Crippen molar-refractivity contribution in [1.82, 2.24) is 14.9 Å². The second-order valence-corrected chi connectivity index (χ2v) is 10.8. The smallest absolute Gasteiger partial charge is 0.339 e. The number of carbonyl (C=O) groups is 3. The summed E-state index contributed by atoms with van der Waals surface area (Å²) in [5, 5.41) is 7.77. The first-order valence-electron chi connectivity index (χ1n) is 12.7. The summed E-state index contributed by atoms with van der Waals surface area (Å²) in [4.78, 5) is 55.1. The summed E-state index contributed by atoms with van der Waals surface area (Å²) in [6.07, 6.45) is 0.603. The molecule has 0 bridgehead atoms. The topological polar surface area (TPSA) is 138 Å². The van der Waals surface area contributed by atoms with Gasteiger partial charge >= 0.3 is 5.97 Å². The van der Waals surface area contributed by atoms with Gasteiger partial charge in [0.25, 0.3) is 5.56 Å². The Morgan fingerprint density at radius 1 is 1.10 bits per heavy atom. The first-order valence-corrected chi connectivity index (χ1v) is 14.5. The maximum Gasteiger partial charge on any atom is 0.339 e. The molecule has 0 fully saturated rings. The predicted molar refractivity (Wildman–Crippen MR) is 155 cm³/mol. The fraction of sp³-hybridized carbons (Fsp3) is 0.250. The number of amides is 2. The molecule has 2 aromatic carbocycles. The summed E-state index contributed by atoms with van der Waals surface area (Å²) >= 11 is 2.41. The molecule has 4 aromatic rings. The number of ether oxygens (including phenoxy) is 3. The monoisotopic (exact) mass is 594 g/mol. The molecule has 0 aliphatic carbocycles. The van der Waals surface area contributed by atoms with E-state index < -0.39 is 5.97 Å². The van der Waals surface area contributed by atoms with E-state index in [1.807, 2.05) is 12.1 Å². The van der Waals surface area contributed by atoms with Crippen molar-refractivity contribution in [3.8, 4) is 11.5 Å². The number of carbonyl (C=O) groups excluding carboxylic acids is 3. The van der Waals surface area contributed by atoms with Crippen molar-refractivity contribution in [1.29, 1.82) is 0 Å². The van der Waals surface area contributed by atoms with Crippen molar-refractivity contribution in [2.45, 2.75) is 31.1 Å². The highest BCUT2D eigenvalue weighted by atomic mass is 32.2. The van der Waals surface area contributed by atoms with Gasteiger partial charge in [-0.05, 0) is 47.7 Å². The van der Waals surface area contributed by atoms with Crippen LogP contribution in [0.3, 0.4) is 0 Å². The number of anilines is 1. The predicted octanol–water partition coefficient (Wildman–Crippen LogP) is 3.80. The van der Waals surface area contributed by atoms with E-state index >= 15 is 0 Å². The van der Waals surface area contributed by atoms with E-state index in [2.05, 4.69) is 15.6 Å². The van der Waals surface area contributed by atoms with E-state index in [1.165, 1.54) is 23.0 Å². The minimum absolute atomic E-state index is 0.0480. The Labute approximate surface area is 242 Å². The third-order valence-corrected chi connectivity index (χ3v) is 8.05. The molecule has 212 valence electrons. The van der Waals surface area contributed by atoms with Crippen LogP contribution in [0.4, 0.5) is 5.69 Å². The average Bonchev–Trinajstić information content (AvgIpc) is 3.65. The van der Waals surface area contributed by atoms with Gasteiger partial charge in [0.1, 0.15) is 4.70 Å². The molecule has 0 spiro atoms. The number of hydrogen-bond donors (Lipinski definition) is 2. The van der Waals surface area contributed by atoms with Crippen molar-refractivity contribution < 1.29 is 28.6 Å². The van der Waals surface area contributed by atoms with E-state index in [1.54, 1.807) is 41.8 Å². The molecule has 0 atom stereocenters. The van der Waals surface area contributed by atoms with Crippen LogP contribution in [0.2, 0.25) is 0 Å². The van der Waals surface area contributed by atoms with Gasteiger partial charge in [0, 0.05) is 19.5 Å². The van der Waals surface area contributed by atoms with Crippen LogP contribution in [0.5, 0.6) is 11.5 Å². The molecule has 2 amide bonds. The molecule has 41 heavy (non-hydrogen) atoms. The number of nitrogens with one attached hydrogen (secondary N) is 2. The van der Waals surface area contributed by atoms with Crippen LogP contribution in [0.1, 0.15) is 28.8 Å². The highest BCUT2D eigenvalue weighted by molar-refractivity contribution is 7.99. The van der Waals surface area contributed by atoms with E-state index in [-0.39, 0.29) is 48.4 Å². The molecule has 0 saturated carbocycles. The second kappa shape index (κ2) is 12.9. The number of thiophene rings is 1. The van der Waals surface area contributed by atoms with Crippen molar-refractivity contribution >= 4 is 56.8 Å². The van der Waals surface area contributed by atoms with Gasteiger partial charge in [0.15, 0.2) is 16.7 Å². The number of rotatable bonds is 11. The van der Waals surface area contributed by atoms with Crippen LogP contribution in [0.15, 0.2) is 63.9 Å². The average molecular weight is 595 g/mol. The lowest BCUT2D eigenvalue weighted by molar-refractivity contribution is -0.121. The Balaban J connectivity index is 1.20. The molecule has 3 heterocycles. The highest BCUT2D eigenvalue weighted by Gasteiger charge is 2.17. The van der Waals surface area contributed by atoms with Crippen LogP contribution >= 0.6 is 23.1 Å². The molecule has 0 saturated heterocycles. The first kappa shape index (κ1) is 28.2. The number of nitrogens with zero attached hydrogens (tertiary/aromatic N) is 2. The number of methoxy groups -OCH3 is 1. The van der Waals surface area contributed by atoms with Gasteiger partial charge in [-0.25, -0.2) is 9.78 Å². The quantitative estimate of drug-likeness (QED) is 0.151. The number of benzene rings is 2. The van der Waals surface area contributed by atoms with Crippen LogP contribution in [0.25, 0.3) is 10.2 Å². The van der Waals surface area contributed by atoms with Gasteiger partial charge in [-0.2, -0.15) is 0 Å². The van der Waals surface area contributed by atoms with Crippen molar-refractivity contribution in [2.24, 2.45) is 0 Å². The lowest BCUT2D eigenvalue weighted by Gasteiger charge is -2.13. The third-order valence-electron chi connectivity index (χ3n) is 6.18. The Morgan fingerprint density at radius 3 is 2.78 bits per heavy atom. The minimum atomic E-state index is -0.563. The van der Waals surface area contributed by atoms with E-state index in [9.17, 15) is 19.2 Å². The summed E-state index contributed by atoms with van der Waals surface area (Å²) in [7, 11) is 1.27. The first-order chi connectivity index (χ1) is 19.9. The number of esters is 1. The Bertz CT molecular complexity index is 1670. The molecule has 1 aliphatic rings. The fourth-order valence-electron chi connectivity index (χ4n) is 4.16. The molecular formula is C28H26N4O7S2. The number of aromatic nitrogens is 2. The second-order valence-electron chi connectivity index (χ2n) is 8.93. The molecular weight excluding hydrogens is 568 g/mol. The Kier molecular flexibility index (Phi) is 8.85. The summed E-state index contributed by atoms with van der Waals surface area (Å²) in [6.45, 7) is 0.782. The van der Waals surface area contributed by atoms with E-state index in [0.717, 1.165) is 17.3 Å². The maximum absolute atomic E-state index is 13.2. The third kappa shape index (κ3) is 6.69. The zero-order chi connectivity index (χ0) is 28.8. The minimum Gasteiger partial charge on any atom is -0.465 e. The summed E-state index contributed by atoms with van der Waals surface area (Å²) < 4.78 is 17.5. The molecule has 2 N–H and O–H groups in total. The normalized spacial score (nSPS) is 11.8. The fourth-order valence-corrected chi connectivity index (χ4v) is 5.77. The molecule has 2 aromatic heterocycles. The SMILES string of the molecule is COC(=O)c1ccccc1NC(=O)CSc1nc2ccsc2c(=O)n1CCCC(=O)NCc1ccc2c(c1)OCO2. The zero-order valence-corrected chi connectivity index (χ0v) is 23.6. The molecule has 1 aliphatic heterocycles. The molecule has 13 heteroatoms. The lowest BCUT2D eigenvalue weighted by Crippen LogP contribution is -2.26. The number of para-hydroxylation sites is 1. The van der Waals surface area contributed by atoms with Crippen LogP contribution in [-0.2, 0) is 27.4 Å². The lowest BCUT2D eigenvalue weighted by atomic mass is 10.2. The largest absolute Gasteiger partial charge is 0.465 e. The standard InChI is InChI=1S/C28H26N4O7S2/c1-37-27(36)18-5-2-3-6-19(18)30-24(34)15-41-28-31-20-10-12-40-25(20)26(35)32(28)11-4-7-23(33)29-14-17-8-9-21-22(13-17)39-16-38-21/h2-3,5-6,8-10,12-13H,4,7,11,14-16H2,1H3,(H,29,33)(H,30,34). The van der Waals surface area contributed by atoms with Crippen molar-refractivity contribution in [2.75, 3.05) is 25.0 Å². The Morgan fingerprint density at radius 2 is 1.93 bits per heavy atom. The molecule has 0 radical (unpaired) electrons. The van der Waals surface area contributed by atoms with Crippen molar-refractivity contribution in [3.63, 3.8) is 0 Å². The summed E-state index contributed by atoms with van der Waals surface area (Å²) in [5.74, 6) is 0.192. The highest BCUT2D eigenvalue weighted by Crippen LogP contribution is 2.32. The Hall–Kier alpha value is -4.36. The number of hydrogen-bond acceptors (Lipinski definition) is 10. The van der Waals surface area contributed by atoms with Gasteiger partial charge < -0.3 is 24.8 Å². The molecule has 11 nitrogen and oxygen atoms in total. The van der Waals surface area contributed by atoms with Crippen LogP contribution in [0, 0.1) is 0 Å². The van der Waals surface area contributed by atoms with Gasteiger partial charge in [0.2, 0.25) is 18.6 Å². The van der Waals surface area contributed by atoms with Gasteiger partial charge in [-0.1, -0.05) is 30.0 Å². The van der Waals surface area contributed by atoms with Gasteiger partial charge in [-0.3, -0.25) is 19.0 Å². The van der Waals surface area contributed by atoms with Gasteiger partial charge in [0.05, 0.1) is 29.6 Å². The van der Waals surface area contributed by atoms with E-state index in [4.69, 9.17) is 14.2 Å². The molecule has 5 rings (SSSR count). The maximum atomic E-state index is 13.2. The van der Waals surface area contributed by atoms with Crippen LogP contribution in [-0.4, -0.2) is 47.0 Å². The van der Waals surface area contributed by atoms with Crippen LogP contribution < -0.4 is 25.7 Å². The molecule has 0 unspecified atom stereocenters.